The van der Waals surface area contributed by atoms with Crippen LogP contribution in [0.4, 0.5) is 0 Å². The summed E-state index contributed by atoms with van der Waals surface area (Å²) in [4.78, 5) is 3.58. The first-order valence-electron chi connectivity index (χ1n) is 3.46. The van der Waals surface area contributed by atoms with Gasteiger partial charge in [0.15, 0.2) is 0 Å². The number of amidine groups is 1. The van der Waals surface area contributed by atoms with Crippen molar-refractivity contribution in [3.63, 3.8) is 0 Å². The van der Waals surface area contributed by atoms with Crippen molar-refractivity contribution in [2.45, 2.75) is 34.6 Å². The summed E-state index contributed by atoms with van der Waals surface area (Å²) in [6, 6.07) is 0. The first kappa shape index (κ1) is 15.8. The van der Waals surface area contributed by atoms with Crippen molar-refractivity contribution in [2.24, 2.45) is 10.7 Å². The second-order valence-corrected chi connectivity index (χ2v) is 0.865. The molecule has 0 fully saturated rings. The molecule has 0 aromatic rings. The van der Waals surface area contributed by atoms with Crippen LogP contribution in [-0.2, 0) is 0 Å². The summed E-state index contributed by atoms with van der Waals surface area (Å²) in [7, 11) is 1.66. The molecule has 0 aliphatic rings. The lowest BCUT2D eigenvalue weighted by molar-refractivity contribution is 1.38. The number of aliphatic imine (C=N–C) groups is 1. The maximum absolute atomic E-state index is 5.04. The molecule has 0 amide bonds. The van der Waals surface area contributed by atoms with E-state index in [0.29, 0.717) is 5.84 Å². The molecule has 0 aromatic heterocycles. The van der Waals surface area contributed by atoms with Gasteiger partial charge in [0.2, 0.25) is 0 Å². The smallest absolute Gasteiger partial charge is 0.0902 e. The number of hydrogen-bond acceptors (Lipinski definition) is 1. The van der Waals surface area contributed by atoms with Crippen molar-refractivity contribution >= 4 is 5.84 Å². The van der Waals surface area contributed by atoms with E-state index in [0.717, 1.165) is 0 Å². The van der Waals surface area contributed by atoms with E-state index >= 15 is 0 Å². The van der Waals surface area contributed by atoms with Gasteiger partial charge in [-0.05, 0) is 6.92 Å². The molecule has 0 aromatic carbocycles. The van der Waals surface area contributed by atoms with Crippen LogP contribution in [0.15, 0.2) is 4.99 Å². The largest absolute Gasteiger partial charge is 0.388 e. The molecule has 0 unspecified atom stereocenters. The van der Waals surface area contributed by atoms with E-state index in [4.69, 9.17) is 5.73 Å². The molecule has 2 N–H and O–H groups in total. The minimum absolute atomic E-state index is 0.630. The van der Waals surface area contributed by atoms with E-state index in [2.05, 4.69) is 4.99 Å². The SMILES string of the molecule is CC.CC.CN=C(C)N. The Morgan fingerprint density at radius 2 is 1.22 bits per heavy atom. The number of rotatable bonds is 0. The van der Waals surface area contributed by atoms with Gasteiger partial charge in [-0.25, -0.2) is 0 Å². The Bertz CT molecular complexity index is 44.9. The lowest BCUT2D eigenvalue weighted by Gasteiger charge is -1.76. The molecule has 0 rings (SSSR count). The van der Waals surface area contributed by atoms with E-state index in [-0.39, 0.29) is 0 Å². The fourth-order valence-electron chi connectivity index (χ4n) is 0. The van der Waals surface area contributed by atoms with Crippen molar-refractivity contribution < 1.29 is 0 Å². The van der Waals surface area contributed by atoms with Crippen LogP contribution in [0, 0.1) is 0 Å². The van der Waals surface area contributed by atoms with Crippen LogP contribution >= 0.6 is 0 Å². The van der Waals surface area contributed by atoms with Crippen LogP contribution in [-0.4, -0.2) is 12.9 Å². The van der Waals surface area contributed by atoms with Gasteiger partial charge in [-0.15, -0.1) is 0 Å². The first-order chi connectivity index (χ1) is 4.27. The monoisotopic (exact) mass is 132 g/mol. The van der Waals surface area contributed by atoms with Gasteiger partial charge in [0.05, 0.1) is 5.84 Å². The molecular formula is C7H20N2. The molecule has 0 heterocycles. The maximum atomic E-state index is 5.04. The molecule has 2 heteroatoms. The summed E-state index contributed by atoms with van der Waals surface area (Å²) < 4.78 is 0. The highest BCUT2D eigenvalue weighted by Gasteiger charge is 1.61. The zero-order chi connectivity index (χ0) is 8.28. The van der Waals surface area contributed by atoms with Crippen molar-refractivity contribution in [2.75, 3.05) is 7.05 Å². The second kappa shape index (κ2) is 26.0. The Labute approximate surface area is 59.2 Å². The zero-order valence-electron chi connectivity index (χ0n) is 7.52. The molecule has 58 valence electrons. The lowest BCUT2D eigenvalue weighted by Crippen LogP contribution is -2.03. The highest BCUT2D eigenvalue weighted by molar-refractivity contribution is 5.77. The summed E-state index contributed by atoms with van der Waals surface area (Å²) >= 11 is 0. The van der Waals surface area contributed by atoms with E-state index in [9.17, 15) is 0 Å². The van der Waals surface area contributed by atoms with Crippen molar-refractivity contribution in [3.05, 3.63) is 0 Å². The summed E-state index contributed by atoms with van der Waals surface area (Å²) in [5.74, 6) is 0.630. The Kier molecular flexibility index (Phi) is 45.6. The average molecular weight is 132 g/mol. The van der Waals surface area contributed by atoms with Crippen molar-refractivity contribution in [1.82, 2.24) is 0 Å². The molecule has 0 bridgehead atoms. The Hall–Kier alpha value is -0.530. The lowest BCUT2D eigenvalue weighted by atomic mass is 10.7. The topological polar surface area (TPSA) is 38.4 Å². The quantitative estimate of drug-likeness (QED) is 0.397. The van der Waals surface area contributed by atoms with Crippen molar-refractivity contribution in [1.29, 1.82) is 0 Å². The minimum atomic E-state index is 0.630. The Balaban J connectivity index is -0.0000000771. The standard InChI is InChI=1S/C3H8N2.2C2H6/c1-3(4)5-2;2*1-2/h1-2H3,(H2,4,5);2*1-2H3. The highest BCUT2D eigenvalue weighted by atomic mass is 14.8. The second-order valence-electron chi connectivity index (χ2n) is 0.865. The zero-order valence-corrected chi connectivity index (χ0v) is 7.52. The predicted octanol–water partition coefficient (Wildman–Crippen LogP) is 2.05. The summed E-state index contributed by atoms with van der Waals surface area (Å²) in [6.45, 7) is 9.75. The molecule has 0 saturated heterocycles. The molecule has 9 heavy (non-hydrogen) atoms. The number of hydrogen-bond donors (Lipinski definition) is 1. The normalized spacial score (nSPS) is 8.00. The molecule has 0 spiro atoms. The van der Waals surface area contributed by atoms with Gasteiger partial charge in [-0.3, -0.25) is 4.99 Å². The third-order valence-electron chi connectivity index (χ3n) is 0.353. The van der Waals surface area contributed by atoms with Gasteiger partial charge >= 0.3 is 0 Å². The van der Waals surface area contributed by atoms with E-state index in [1.165, 1.54) is 0 Å². The van der Waals surface area contributed by atoms with Crippen LogP contribution in [0.5, 0.6) is 0 Å². The van der Waals surface area contributed by atoms with Crippen LogP contribution in [0.25, 0.3) is 0 Å². The molecule has 0 aliphatic heterocycles. The van der Waals surface area contributed by atoms with Gasteiger partial charge in [-0.1, -0.05) is 27.7 Å². The van der Waals surface area contributed by atoms with Crippen LogP contribution in [0.2, 0.25) is 0 Å². The van der Waals surface area contributed by atoms with E-state index in [1.54, 1.807) is 14.0 Å². The molecular weight excluding hydrogens is 112 g/mol. The third-order valence-corrected chi connectivity index (χ3v) is 0.353. The Morgan fingerprint density at radius 1 is 1.11 bits per heavy atom. The first-order valence-corrected chi connectivity index (χ1v) is 3.46. The summed E-state index contributed by atoms with van der Waals surface area (Å²) in [5, 5.41) is 0. The minimum Gasteiger partial charge on any atom is -0.388 e. The van der Waals surface area contributed by atoms with Crippen LogP contribution in [0.1, 0.15) is 34.6 Å². The predicted molar refractivity (Wildman–Crippen MR) is 45.9 cm³/mol. The fourth-order valence-corrected chi connectivity index (χ4v) is 0. The van der Waals surface area contributed by atoms with Gasteiger partial charge in [0.1, 0.15) is 0 Å². The van der Waals surface area contributed by atoms with Gasteiger partial charge in [0.25, 0.3) is 0 Å². The van der Waals surface area contributed by atoms with Gasteiger partial charge in [-0.2, -0.15) is 0 Å². The van der Waals surface area contributed by atoms with E-state index in [1.807, 2.05) is 27.7 Å². The average Bonchev–Trinajstić information content (AvgIpc) is 1.97. The van der Waals surface area contributed by atoms with Crippen LogP contribution in [0.3, 0.4) is 0 Å². The molecule has 0 atom stereocenters. The van der Waals surface area contributed by atoms with Gasteiger partial charge in [0, 0.05) is 7.05 Å². The molecule has 0 radical (unpaired) electrons. The third kappa shape index (κ3) is 103. The van der Waals surface area contributed by atoms with E-state index < -0.39 is 0 Å². The van der Waals surface area contributed by atoms with Gasteiger partial charge < -0.3 is 5.73 Å². The van der Waals surface area contributed by atoms with Crippen LogP contribution < -0.4 is 5.73 Å². The maximum Gasteiger partial charge on any atom is 0.0902 e. The molecule has 0 saturated carbocycles. The summed E-state index contributed by atoms with van der Waals surface area (Å²) in [6.07, 6.45) is 0. The highest BCUT2D eigenvalue weighted by Crippen LogP contribution is 1.52. The van der Waals surface area contributed by atoms with Crippen molar-refractivity contribution in [3.8, 4) is 0 Å². The molecule has 0 aliphatic carbocycles. The number of nitrogens with zero attached hydrogens (tertiary/aromatic N) is 1. The number of nitrogens with two attached hydrogens (primary N) is 1. The molecule has 2 nitrogen and oxygen atoms in total. The summed E-state index contributed by atoms with van der Waals surface area (Å²) in [5.41, 5.74) is 5.04. The Morgan fingerprint density at radius 3 is 1.22 bits per heavy atom. The fraction of sp³-hybridized carbons (Fsp3) is 0.857.